The molecule has 0 bridgehead atoms. The number of piperidine rings is 1. The molecule has 1 aromatic carbocycles. The van der Waals surface area contributed by atoms with E-state index in [1.54, 1.807) is 0 Å². The second kappa shape index (κ2) is 14.6. The van der Waals surface area contributed by atoms with Gasteiger partial charge in [-0.05, 0) is 81.9 Å². The van der Waals surface area contributed by atoms with Gasteiger partial charge in [0.25, 0.3) is 5.91 Å². The highest BCUT2D eigenvalue weighted by Crippen LogP contribution is 2.23. The molecule has 1 amide bonds. The van der Waals surface area contributed by atoms with E-state index in [1.807, 2.05) is 24.3 Å². The van der Waals surface area contributed by atoms with Crippen LogP contribution in [0.2, 0.25) is 0 Å². The van der Waals surface area contributed by atoms with Crippen LogP contribution in [0.25, 0.3) is 0 Å². The second-order valence-electron chi connectivity index (χ2n) is 12.1. The maximum absolute atomic E-state index is 13.0. The molecule has 0 saturated carbocycles. The van der Waals surface area contributed by atoms with E-state index in [2.05, 4.69) is 59.8 Å². The third kappa shape index (κ3) is 7.84. The van der Waals surface area contributed by atoms with Crippen LogP contribution in [0.3, 0.4) is 0 Å². The highest BCUT2D eigenvalue weighted by Gasteiger charge is 2.27. The molecule has 226 valence electrons. The van der Waals surface area contributed by atoms with Gasteiger partial charge in [-0.25, -0.2) is 0 Å². The van der Waals surface area contributed by atoms with Gasteiger partial charge in [0.1, 0.15) is 5.82 Å². The van der Waals surface area contributed by atoms with Gasteiger partial charge in [0.05, 0.1) is 12.6 Å². The Bertz CT molecular complexity index is 1120. The Kier molecular flexibility index (Phi) is 10.6. The summed E-state index contributed by atoms with van der Waals surface area (Å²) in [7, 11) is 2.12. The summed E-state index contributed by atoms with van der Waals surface area (Å²) in [6.45, 7) is 11.3. The van der Waals surface area contributed by atoms with Gasteiger partial charge in [0.15, 0.2) is 5.82 Å². The summed E-state index contributed by atoms with van der Waals surface area (Å²) in [5.41, 5.74) is 1.56. The van der Waals surface area contributed by atoms with Gasteiger partial charge >= 0.3 is 0 Å². The molecular formula is C30H49N9O2. The molecule has 3 fully saturated rings. The fourth-order valence-electron chi connectivity index (χ4n) is 6.51. The zero-order chi connectivity index (χ0) is 28.6. The number of carbonyl (C=O) groups excluding carboxylic acids is 1. The number of hydrogen-bond donors (Lipinski definition) is 5. The van der Waals surface area contributed by atoms with Crippen LogP contribution in [0.5, 0.6) is 0 Å². The van der Waals surface area contributed by atoms with Crippen molar-refractivity contribution in [3.8, 4) is 0 Å². The predicted molar refractivity (Wildman–Crippen MR) is 161 cm³/mol. The van der Waals surface area contributed by atoms with Gasteiger partial charge in [-0.2, -0.15) is 0 Å². The van der Waals surface area contributed by atoms with Crippen molar-refractivity contribution >= 4 is 11.6 Å². The van der Waals surface area contributed by atoms with E-state index >= 15 is 0 Å². The zero-order valence-electron chi connectivity index (χ0n) is 24.8. The Hall–Kier alpha value is -2.57. The maximum Gasteiger partial charge on any atom is 0.251 e. The Balaban J connectivity index is 1.22. The molecule has 5 N–H and O–H groups in total. The molecule has 11 nitrogen and oxygen atoms in total. The molecule has 41 heavy (non-hydrogen) atoms. The summed E-state index contributed by atoms with van der Waals surface area (Å²) in [5.74, 6) is 3.39. The normalized spacial score (nSPS) is 25.8. The van der Waals surface area contributed by atoms with Crippen molar-refractivity contribution in [1.29, 1.82) is 0 Å². The van der Waals surface area contributed by atoms with Gasteiger partial charge in [-0.1, -0.05) is 19.4 Å². The molecule has 11 heteroatoms. The SMILES string of the molecule is CCC1CNCCC1CNC(=O)c1cccc(NCc2nnc(C3CCN(C)CN3)n2CCN2CC[C@H](CO)C2)c1. The van der Waals surface area contributed by atoms with Crippen molar-refractivity contribution in [2.75, 3.05) is 71.5 Å². The summed E-state index contributed by atoms with van der Waals surface area (Å²) in [6, 6.07) is 7.91. The van der Waals surface area contributed by atoms with Crippen molar-refractivity contribution in [3.05, 3.63) is 41.5 Å². The third-order valence-corrected chi connectivity index (χ3v) is 9.23. The van der Waals surface area contributed by atoms with E-state index in [-0.39, 0.29) is 18.6 Å². The van der Waals surface area contributed by atoms with Crippen LogP contribution in [0.4, 0.5) is 5.69 Å². The highest BCUT2D eigenvalue weighted by atomic mass is 16.3. The molecule has 3 unspecified atom stereocenters. The lowest BCUT2D eigenvalue weighted by atomic mass is 9.84. The molecule has 3 aliphatic heterocycles. The number of aliphatic hydroxyl groups excluding tert-OH is 1. The van der Waals surface area contributed by atoms with Gasteiger partial charge < -0.3 is 30.5 Å². The Morgan fingerprint density at radius 3 is 2.83 bits per heavy atom. The number of anilines is 1. The summed E-state index contributed by atoms with van der Waals surface area (Å²) >= 11 is 0. The first kappa shape index (κ1) is 29.9. The largest absolute Gasteiger partial charge is 0.396 e. The first-order chi connectivity index (χ1) is 20.0. The summed E-state index contributed by atoms with van der Waals surface area (Å²) in [4.78, 5) is 17.7. The lowest BCUT2D eigenvalue weighted by Gasteiger charge is -2.31. The molecule has 0 radical (unpaired) electrons. The van der Waals surface area contributed by atoms with E-state index in [0.717, 1.165) is 102 Å². The number of carbonyl (C=O) groups is 1. The molecule has 4 atom stereocenters. The van der Waals surface area contributed by atoms with Gasteiger partial charge in [-0.3, -0.25) is 15.0 Å². The van der Waals surface area contributed by atoms with Crippen LogP contribution >= 0.6 is 0 Å². The van der Waals surface area contributed by atoms with Gasteiger partial charge in [0.2, 0.25) is 0 Å². The number of aliphatic hydroxyl groups is 1. The van der Waals surface area contributed by atoms with Crippen LogP contribution in [0.1, 0.15) is 60.7 Å². The predicted octanol–water partition coefficient (Wildman–Crippen LogP) is 1.49. The Morgan fingerprint density at radius 1 is 1.15 bits per heavy atom. The number of aromatic nitrogens is 3. The molecule has 3 aliphatic rings. The van der Waals surface area contributed by atoms with E-state index < -0.39 is 0 Å². The molecule has 2 aromatic rings. The Morgan fingerprint density at radius 2 is 2.05 bits per heavy atom. The van der Waals surface area contributed by atoms with Crippen molar-refractivity contribution in [3.63, 3.8) is 0 Å². The molecule has 5 rings (SSSR count). The minimum atomic E-state index is -0.0207. The topological polar surface area (TPSA) is 123 Å². The number of hydrogen-bond acceptors (Lipinski definition) is 9. The lowest BCUT2D eigenvalue weighted by molar-refractivity contribution is 0.0935. The smallest absolute Gasteiger partial charge is 0.251 e. The standard InChI is InChI=1S/C30H49N9O2/c1-3-23-16-31-10-7-25(23)17-33-30(41)24-5-4-6-26(15-24)32-18-28-35-36-29(27-9-11-37(2)21-34-27)39(28)14-13-38-12-8-22(19-38)20-40/h4-6,15,22-23,25,27,31-32,34,40H,3,7-14,16-21H2,1-2H3,(H,33,41)/t22-,23?,25?,27?/m0/s1. The minimum Gasteiger partial charge on any atom is -0.396 e. The van der Waals surface area contributed by atoms with Gasteiger partial charge in [0, 0.05) is 57.3 Å². The number of nitrogens with one attached hydrogen (secondary N) is 4. The van der Waals surface area contributed by atoms with Crippen LogP contribution in [0.15, 0.2) is 24.3 Å². The molecule has 3 saturated heterocycles. The summed E-state index contributed by atoms with van der Waals surface area (Å²) in [5, 5.41) is 32.6. The quantitative estimate of drug-likeness (QED) is 0.260. The van der Waals surface area contributed by atoms with Crippen molar-refractivity contribution < 1.29 is 9.90 Å². The molecule has 1 aromatic heterocycles. The first-order valence-corrected chi connectivity index (χ1v) is 15.5. The fourth-order valence-corrected chi connectivity index (χ4v) is 6.51. The van der Waals surface area contributed by atoms with E-state index in [0.29, 0.717) is 29.9 Å². The number of benzene rings is 1. The Labute approximate surface area is 244 Å². The molecule has 0 aliphatic carbocycles. The highest BCUT2D eigenvalue weighted by molar-refractivity contribution is 5.95. The van der Waals surface area contributed by atoms with Crippen LogP contribution in [-0.2, 0) is 13.1 Å². The molecular weight excluding hydrogens is 518 g/mol. The lowest BCUT2D eigenvalue weighted by Crippen LogP contribution is -2.42. The van der Waals surface area contributed by atoms with Crippen LogP contribution < -0.4 is 21.3 Å². The zero-order valence-corrected chi connectivity index (χ0v) is 24.8. The van der Waals surface area contributed by atoms with Crippen molar-refractivity contribution in [1.82, 2.24) is 40.5 Å². The van der Waals surface area contributed by atoms with Crippen LogP contribution in [-0.4, -0.2) is 102 Å². The third-order valence-electron chi connectivity index (χ3n) is 9.23. The van der Waals surface area contributed by atoms with Crippen molar-refractivity contribution in [2.24, 2.45) is 17.8 Å². The average molecular weight is 568 g/mol. The van der Waals surface area contributed by atoms with Crippen LogP contribution in [0, 0.1) is 17.8 Å². The first-order valence-electron chi connectivity index (χ1n) is 15.5. The fraction of sp³-hybridized carbons (Fsp3) is 0.700. The van der Waals surface area contributed by atoms with E-state index in [1.165, 1.54) is 0 Å². The monoisotopic (exact) mass is 567 g/mol. The van der Waals surface area contributed by atoms with Gasteiger partial charge in [-0.15, -0.1) is 10.2 Å². The number of nitrogens with zero attached hydrogens (tertiary/aromatic N) is 5. The average Bonchev–Trinajstić information content (AvgIpc) is 3.65. The maximum atomic E-state index is 13.0. The number of amides is 1. The minimum absolute atomic E-state index is 0.0207. The number of rotatable bonds is 12. The summed E-state index contributed by atoms with van der Waals surface area (Å²) < 4.78 is 2.27. The molecule has 0 spiro atoms. The van der Waals surface area contributed by atoms with E-state index in [9.17, 15) is 9.90 Å². The van der Waals surface area contributed by atoms with E-state index in [4.69, 9.17) is 0 Å². The number of likely N-dealkylation sites (tertiary alicyclic amines) is 1. The van der Waals surface area contributed by atoms with Crippen molar-refractivity contribution in [2.45, 2.75) is 51.7 Å². The second-order valence-corrected chi connectivity index (χ2v) is 12.1. The molecule has 4 heterocycles. The summed E-state index contributed by atoms with van der Waals surface area (Å²) in [6.07, 6.45) is 4.29.